The average Bonchev–Trinajstić information content (AvgIpc) is 3.36. The number of hydrogen-bond donors (Lipinski definition) is 2. The number of carbonyl (C=O) groups is 1. The molecule has 0 spiro atoms. The molecule has 0 aliphatic heterocycles. The molecule has 1 saturated carbocycles. The maximum Gasteiger partial charge on any atom is 0.220 e. The number of amides is 1. The van der Waals surface area contributed by atoms with Crippen LogP contribution in [0.2, 0.25) is 0 Å². The van der Waals surface area contributed by atoms with Gasteiger partial charge in [-0.1, -0.05) is 0 Å². The molecule has 6 nitrogen and oxygen atoms in total. The second-order valence-electron chi connectivity index (χ2n) is 6.64. The number of benzene rings is 1. The van der Waals surface area contributed by atoms with Gasteiger partial charge in [0.05, 0.1) is 17.0 Å². The first kappa shape index (κ1) is 21.7. The summed E-state index contributed by atoms with van der Waals surface area (Å²) in [5.74, 6) is 1.08. The predicted molar refractivity (Wildman–Crippen MR) is 99.9 cm³/mol. The van der Waals surface area contributed by atoms with Gasteiger partial charge in [0.2, 0.25) is 5.91 Å². The van der Waals surface area contributed by atoms with Crippen molar-refractivity contribution in [2.45, 2.75) is 43.0 Å². The fraction of sp³-hybridized carbons (Fsp3) is 0.588. The number of sulfone groups is 1. The maximum atomic E-state index is 12.0. The lowest BCUT2D eigenvalue weighted by Gasteiger charge is -2.29. The van der Waals surface area contributed by atoms with E-state index in [0.29, 0.717) is 37.7 Å². The molecule has 1 unspecified atom stereocenters. The molecule has 0 saturated heterocycles. The Hall–Kier alpha value is -1.31. The number of carbonyl (C=O) groups excluding carboxylic acids is 1. The Bertz CT molecular complexity index is 674. The van der Waals surface area contributed by atoms with Gasteiger partial charge in [0.1, 0.15) is 5.75 Å². The zero-order chi connectivity index (χ0) is 17.8. The van der Waals surface area contributed by atoms with Crippen molar-refractivity contribution >= 4 is 28.2 Å². The molecule has 1 fully saturated rings. The van der Waals surface area contributed by atoms with Crippen molar-refractivity contribution in [1.29, 1.82) is 0 Å². The van der Waals surface area contributed by atoms with Crippen LogP contribution < -0.4 is 15.8 Å². The first-order valence-corrected chi connectivity index (χ1v) is 10.1. The minimum absolute atomic E-state index is 0. The summed E-state index contributed by atoms with van der Waals surface area (Å²) in [4.78, 5) is 12.3. The van der Waals surface area contributed by atoms with Crippen molar-refractivity contribution < 1.29 is 17.9 Å². The third-order valence-corrected chi connectivity index (χ3v) is 5.52. The van der Waals surface area contributed by atoms with Crippen LogP contribution in [-0.2, 0) is 14.6 Å². The lowest BCUT2D eigenvalue weighted by molar-refractivity contribution is -0.123. The van der Waals surface area contributed by atoms with Crippen molar-refractivity contribution in [2.24, 2.45) is 11.7 Å². The van der Waals surface area contributed by atoms with E-state index in [2.05, 4.69) is 5.32 Å². The molecule has 25 heavy (non-hydrogen) atoms. The quantitative estimate of drug-likeness (QED) is 0.627. The summed E-state index contributed by atoms with van der Waals surface area (Å²) in [7, 11) is -3.20. The van der Waals surface area contributed by atoms with Crippen LogP contribution in [0.3, 0.4) is 0 Å². The van der Waals surface area contributed by atoms with Crippen LogP contribution in [-0.4, -0.2) is 39.3 Å². The molecule has 1 amide bonds. The number of nitrogens with one attached hydrogen (secondary N) is 1. The molecule has 1 aliphatic rings. The van der Waals surface area contributed by atoms with Crippen molar-refractivity contribution in [1.82, 2.24) is 5.32 Å². The van der Waals surface area contributed by atoms with Crippen molar-refractivity contribution in [3.63, 3.8) is 0 Å². The van der Waals surface area contributed by atoms with E-state index in [4.69, 9.17) is 10.5 Å². The van der Waals surface area contributed by atoms with E-state index >= 15 is 0 Å². The van der Waals surface area contributed by atoms with E-state index < -0.39 is 9.84 Å². The summed E-state index contributed by atoms with van der Waals surface area (Å²) in [6, 6.07) is 6.27. The van der Waals surface area contributed by atoms with Crippen LogP contribution in [0, 0.1) is 5.92 Å². The summed E-state index contributed by atoms with van der Waals surface area (Å²) in [6.45, 7) is 2.85. The minimum Gasteiger partial charge on any atom is -0.494 e. The van der Waals surface area contributed by atoms with Crippen molar-refractivity contribution in [2.75, 3.05) is 19.4 Å². The minimum atomic E-state index is -3.20. The van der Waals surface area contributed by atoms with E-state index in [1.807, 2.05) is 6.92 Å². The van der Waals surface area contributed by atoms with E-state index in [1.165, 1.54) is 12.1 Å². The molecular weight excluding hydrogens is 364 g/mol. The molecule has 142 valence electrons. The molecule has 1 aromatic carbocycles. The lowest BCUT2D eigenvalue weighted by Crippen LogP contribution is -2.53. The monoisotopic (exact) mass is 390 g/mol. The molecule has 0 heterocycles. The maximum absolute atomic E-state index is 12.0. The fourth-order valence-corrected chi connectivity index (χ4v) is 3.26. The van der Waals surface area contributed by atoms with Crippen molar-refractivity contribution in [3.05, 3.63) is 24.3 Å². The first-order valence-electron chi connectivity index (χ1n) is 8.18. The molecule has 3 N–H and O–H groups in total. The van der Waals surface area contributed by atoms with E-state index in [9.17, 15) is 13.2 Å². The van der Waals surface area contributed by atoms with E-state index in [0.717, 1.165) is 19.1 Å². The van der Waals surface area contributed by atoms with E-state index in [-0.39, 0.29) is 28.7 Å². The highest BCUT2D eigenvalue weighted by Crippen LogP contribution is 2.39. The summed E-state index contributed by atoms with van der Waals surface area (Å²) < 4.78 is 28.3. The molecule has 2 rings (SSSR count). The largest absolute Gasteiger partial charge is 0.494 e. The van der Waals surface area contributed by atoms with Crippen LogP contribution in [0.25, 0.3) is 0 Å². The van der Waals surface area contributed by atoms with Gasteiger partial charge < -0.3 is 15.8 Å². The highest BCUT2D eigenvalue weighted by molar-refractivity contribution is 7.90. The molecule has 1 atom stereocenters. The van der Waals surface area contributed by atoms with Gasteiger partial charge in [0.25, 0.3) is 0 Å². The summed E-state index contributed by atoms with van der Waals surface area (Å²) >= 11 is 0. The molecular formula is C17H27ClN2O4S. The van der Waals surface area contributed by atoms with Gasteiger partial charge in [-0.2, -0.15) is 0 Å². The van der Waals surface area contributed by atoms with Gasteiger partial charge in [-0.3, -0.25) is 4.79 Å². The number of hydrogen-bond acceptors (Lipinski definition) is 5. The Morgan fingerprint density at radius 1 is 1.32 bits per heavy atom. The number of nitrogens with two attached hydrogens (primary N) is 1. The summed E-state index contributed by atoms with van der Waals surface area (Å²) in [6.07, 6.45) is 4.38. The second kappa shape index (κ2) is 8.87. The van der Waals surface area contributed by atoms with E-state index in [1.54, 1.807) is 12.1 Å². The smallest absolute Gasteiger partial charge is 0.220 e. The Balaban J connectivity index is 0.00000312. The average molecular weight is 391 g/mol. The summed E-state index contributed by atoms with van der Waals surface area (Å²) in [5.41, 5.74) is 5.50. The van der Waals surface area contributed by atoms with Crippen LogP contribution in [0.4, 0.5) is 0 Å². The Morgan fingerprint density at radius 3 is 2.40 bits per heavy atom. The third-order valence-electron chi connectivity index (χ3n) is 4.40. The number of halogens is 1. The van der Waals surface area contributed by atoms with Crippen molar-refractivity contribution in [3.8, 4) is 5.75 Å². The second-order valence-corrected chi connectivity index (χ2v) is 8.66. The van der Waals surface area contributed by atoms with Gasteiger partial charge >= 0.3 is 0 Å². The van der Waals surface area contributed by atoms with Crippen LogP contribution in [0.15, 0.2) is 29.2 Å². The fourth-order valence-electron chi connectivity index (χ4n) is 2.63. The zero-order valence-electron chi connectivity index (χ0n) is 14.7. The van der Waals surface area contributed by atoms with Gasteiger partial charge in [0, 0.05) is 19.2 Å². The van der Waals surface area contributed by atoms with Gasteiger partial charge in [-0.05, 0) is 56.4 Å². The van der Waals surface area contributed by atoms with Crippen LogP contribution in [0.5, 0.6) is 5.75 Å². The first-order chi connectivity index (χ1) is 11.2. The molecule has 0 bridgehead atoms. The highest BCUT2D eigenvalue weighted by atomic mass is 35.5. The Morgan fingerprint density at radius 2 is 1.92 bits per heavy atom. The SMILES string of the molecule is CC(CN)(NC(=O)CCCOc1ccc(S(C)(=O)=O)cc1)C1CC1.Cl. The molecule has 8 heteroatoms. The standard InChI is InChI=1S/C17H26N2O4S.ClH/c1-17(12-18,13-5-6-13)19-16(20)4-3-11-23-14-7-9-15(10-8-14)24(2,21)22;/h7-10,13H,3-6,11-12,18H2,1-2H3,(H,19,20);1H. The zero-order valence-corrected chi connectivity index (χ0v) is 16.3. The summed E-state index contributed by atoms with van der Waals surface area (Å²) in [5, 5.41) is 3.04. The Labute approximate surface area is 155 Å². The normalized spacial score (nSPS) is 16.4. The van der Waals surface area contributed by atoms with Crippen LogP contribution >= 0.6 is 12.4 Å². The van der Waals surface area contributed by atoms with Gasteiger partial charge in [0.15, 0.2) is 9.84 Å². The van der Waals surface area contributed by atoms with Gasteiger partial charge in [-0.15, -0.1) is 12.4 Å². The molecule has 0 radical (unpaired) electrons. The van der Waals surface area contributed by atoms with Crippen LogP contribution in [0.1, 0.15) is 32.6 Å². The lowest BCUT2D eigenvalue weighted by atomic mass is 9.95. The number of rotatable bonds is 9. The van der Waals surface area contributed by atoms with Gasteiger partial charge in [-0.25, -0.2) is 8.42 Å². The number of ether oxygens (including phenoxy) is 1. The predicted octanol–water partition coefficient (Wildman–Crippen LogP) is 1.91. The molecule has 1 aliphatic carbocycles. The highest BCUT2D eigenvalue weighted by Gasteiger charge is 2.41. The topological polar surface area (TPSA) is 98.5 Å². The molecule has 1 aromatic rings. The third kappa shape index (κ3) is 6.49. The Kier molecular flexibility index (Phi) is 7.71. The molecule has 0 aromatic heterocycles.